The summed E-state index contributed by atoms with van der Waals surface area (Å²) in [5, 5.41) is 16.3. The van der Waals surface area contributed by atoms with Crippen LogP contribution in [0.15, 0.2) is 24.3 Å². The first kappa shape index (κ1) is 15.8. The molecule has 5 nitrogen and oxygen atoms in total. The molecule has 0 saturated carbocycles. The van der Waals surface area contributed by atoms with Gasteiger partial charge in [0.25, 0.3) is 0 Å². The molecule has 1 aliphatic heterocycles. The number of nitrogens with one attached hydrogen (secondary N) is 2. The van der Waals surface area contributed by atoms with Gasteiger partial charge in [0.2, 0.25) is 5.91 Å². The third-order valence-corrected chi connectivity index (χ3v) is 4.05. The molecule has 1 aromatic rings. The highest BCUT2D eigenvalue weighted by Crippen LogP contribution is 2.21. The van der Waals surface area contributed by atoms with Gasteiger partial charge in [0, 0.05) is 6.54 Å². The van der Waals surface area contributed by atoms with E-state index in [1.54, 1.807) is 13.2 Å². The highest BCUT2D eigenvalue weighted by atomic mass is 16.5. The molecule has 1 amide bonds. The Labute approximate surface area is 125 Å². The monoisotopic (exact) mass is 292 g/mol. The third-order valence-electron chi connectivity index (χ3n) is 4.05. The van der Waals surface area contributed by atoms with Gasteiger partial charge in [-0.1, -0.05) is 12.1 Å². The van der Waals surface area contributed by atoms with E-state index in [2.05, 4.69) is 10.6 Å². The Balaban J connectivity index is 1.90. The van der Waals surface area contributed by atoms with Crippen LogP contribution >= 0.6 is 0 Å². The average molecular weight is 292 g/mol. The third kappa shape index (κ3) is 3.95. The SMILES string of the molecule is COc1cccc(C(O)CNC(=O)C2(C)CCCCN2)c1. The number of benzene rings is 1. The van der Waals surface area contributed by atoms with E-state index >= 15 is 0 Å². The molecular weight excluding hydrogens is 268 g/mol. The number of hydrogen-bond acceptors (Lipinski definition) is 4. The second-order valence-corrected chi connectivity index (χ2v) is 5.72. The first-order chi connectivity index (χ1) is 10.0. The summed E-state index contributed by atoms with van der Waals surface area (Å²) in [6.07, 6.45) is 2.25. The highest BCUT2D eigenvalue weighted by molar-refractivity contribution is 5.86. The summed E-state index contributed by atoms with van der Waals surface area (Å²) in [5.41, 5.74) is 0.211. The quantitative estimate of drug-likeness (QED) is 0.767. The van der Waals surface area contributed by atoms with Crippen LogP contribution in [0.25, 0.3) is 0 Å². The normalized spacial score (nSPS) is 23.4. The summed E-state index contributed by atoms with van der Waals surface area (Å²) in [7, 11) is 1.59. The van der Waals surface area contributed by atoms with E-state index in [1.165, 1.54) is 0 Å². The van der Waals surface area contributed by atoms with Crippen LogP contribution in [0.5, 0.6) is 5.75 Å². The molecule has 21 heavy (non-hydrogen) atoms. The lowest BCUT2D eigenvalue weighted by Gasteiger charge is -2.33. The van der Waals surface area contributed by atoms with Crippen molar-refractivity contribution in [2.45, 2.75) is 37.8 Å². The molecule has 1 aliphatic rings. The van der Waals surface area contributed by atoms with Crippen LogP contribution in [0.2, 0.25) is 0 Å². The minimum Gasteiger partial charge on any atom is -0.497 e. The minimum absolute atomic E-state index is 0.0517. The van der Waals surface area contributed by atoms with Gasteiger partial charge in [-0.2, -0.15) is 0 Å². The van der Waals surface area contributed by atoms with E-state index < -0.39 is 11.6 Å². The molecule has 0 spiro atoms. The van der Waals surface area contributed by atoms with Gasteiger partial charge in [-0.05, 0) is 50.4 Å². The first-order valence-electron chi connectivity index (χ1n) is 7.40. The van der Waals surface area contributed by atoms with Gasteiger partial charge in [-0.25, -0.2) is 0 Å². The van der Waals surface area contributed by atoms with Gasteiger partial charge in [-0.3, -0.25) is 4.79 Å². The second-order valence-electron chi connectivity index (χ2n) is 5.72. The Morgan fingerprint density at radius 2 is 2.33 bits per heavy atom. The number of piperidine rings is 1. The van der Waals surface area contributed by atoms with Crippen molar-refractivity contribution in [2.24, 2.45) is 0 Å². The zero-order chi connectivity index (χ0) is 15.3. The summed E-state index contributed by atoms with van der Waals surface area (Å²) in [6.45, 7) is 2.98. The van der Waals surface area contributed by atoms with Crippen molar-refractivity contribution in [1.29, 1.82) is 0 Å². The summed E-state index contributed by atoms with van der Waals surface area (Å²) in [6, 6.07) is 7.24. The van der Waals surface area contributed by atoms with Crippen molar-refractivity contribution in [3.8, 4) is 5.75 Å². The van der Waals surface area contributed by atoms with Gasteiger partial charge in [-0.15, -0.1) is 0 Å². The lowest BCUT2D eigenvalue weighted by atomic mass is 9.90. The zero-order valence-corrected chi connectivity index (χ0v) is 12.7. The topological polar surface area (TPSA) is 70.6 Å². The Kier molecular flexibility index (Phi) is 5.20. The van der Waals surface area contributed by atoms with E-state index in [0.717, 1.165) is 31.4 Å². The number of rotatable bonds is 5. The maximum atomic E-state index is 12.3. The van der Waals surface area contributed by atoms with Crippen LogP contribution < -0.4 is 15.4 Å². The van der Waals surface area contributed by atoms with Gasteiger partial charge in [0.1, 0.15) is 5.75 Å². The Hall–Kier alpha value is -1.59. The molecule has 3 N–H and O–H groups in total. The molecule has 1 fully saturated rings. The smallest absolute Gasteiger partial charge is 0.240 e. The fraction of sp³-hybridized carbons (Fsp3) is 0.562. The van der Waals surface area contributed by atoms with E-state index in [0.29, 0.717) is 5.75 Å². The van der Waals surface area contributed by atoms with Crippen molar-refractivity contribution < 1.29 is 14.6 Å². The molecular formula is C16H24N2O3. The van der Waals surface area contributed by atoms with Gasteiger partial charge >= 0.3 is 0 Å². The maximum Gasteiger partial charge on any atom is 0.240 e. The van der Waals surface area contributed by atoms with E-state index in [-0.39, 0.29) is 12.5 Å². The molecule has 2 unspecified atom stereocenters. The minimum atomic E-state index is -0.740. The van der Waals surface area contributed by atoms with E-state index in [4.69, 9.17) is 4.74 Å². The lowest BCUT2D eigenvalue weighted by Crippen LogP contribution is -2.57. The molecule has 0 bridgehead atoms. The van der Waals surface area contributed by atoms with Crippen LogP contribution in [0.3, 0.4) is 0 Å². The van der Waals surface area contributed by atoms with Crippen LogP contribution in [0, 0.1) is 0 Å². The number of aliphatic hydroxyl groups is 1. The number of carbonyl (C=O) groups is 1. The average Bonchev–Trinajstić information content (AvgIpc) is 2.53. The number of hydrogen-bond donors (Lipinski definition) is 3. The van der Waals surface area contributed by atoms with E-state index in [9.17, 15) is 9.90 Å². The zero-order valence-electron chi connectivity index (χ0n) is 12.7. The fourth-order valence-electron chi connectivity index (χ4n) is 2.60. The molecule has 116 valence electrons. The molecule has 1 saturated heterocycles. The van der Waals surface area contributed by atoms with Crippen LogP contribution in [-0.2, 0) is 4.79 Å². The fourth-order valence-corrected chi connectivity index (χ4v) is 2.60. The molecule has 5 heteroatoms. The van der Waals surface area contributed by atoms with Crippen LogP contribution in [0.1, 0.15) is 37.9 Å². The van der Waals surface area contributed by atoms with Crippen molar-refractivity contribution in [1.82, 2.24) is 10.6 Å². The highest BCUT2D eigenvalue weighted by Gasteiger charge is 2.34. The number of methoxy groups -OCH3 is 1. The molecule has 1 heterocycles. The van der Waals surface area contributed by atoms with Gasteiger partial charge in [0.15, 0.2) is 0 Å². The van der Waals surface area contributed by atoms with E-state index in [1.807, 2.05) is 25.1 Å². The van der Waals surface area contributed by atoms with Gasteiger partial charge in [0.05, 0.1) is 18.8 Å². The molecule has 0 radical (unpaired) electrons. The molecule has 0 aromatic heterocycles. The Morgan fingerprint density at radius 1 is 1.52 bits per heavy atom. The number of ether oxygens (including phenoxy) is 1. The lowest BCUT2D eigenvalue weighted by molar-refractivity contribution is -0.128. The number of aliphatic hydroxyl groups excluding tert-OH is 1. The molecule has 2 rings (SSSR count). The summed E-state index contributed by atoms with van der Waals surface area (Å²) in [4.78, 5) is 12.3. The largest absolute Gasteiger partial charge is 0.497 e. The Bertz CT molecular complexity index is 484. The number of carbonyl (C=O) groups excluding carboxylic acids is 1. The maximum absolute atomic E-state index is 12.3. The summed E-state index contributed by atoms with van der Waals surface area (Å²) < 4.78 is 5.13. The predicted molar refractivity (Wildman–Crippen MR) is 81.2 cm³/mol. The number of amides is 1. The summed E-state index contributed by atoms with van der Waals surface area (Å²) >= 11 is 0. The standard InChI is InChI=1S/C16H24N2O3/c1-16(8-3-4-9-18-16)15(20)17-11-14(19)12-6-5-7-13(10-12)21-2/h5-7,10,14,18-19H,3-4,8-9,11H2,1-2H3,(H,17,20). The van der Waals surface area contributed by atoms with Crippen LogP contribution in [-0.4, -0.2) is 36.8 Å². The molecule has 0 aliphatic carbocycles. The molecule has 2 atom stereocenters. The van der Waals surface area contributed by atoms with Gasteiger partial charge < -0.3 is 20.5 Å². The van der Waals surface area contributed by atoms with Crippen molar-refractivity contribution >= 4 is 5.91 Å². The second kappa shape index (κ2) is 6.91. The molecule has 1 aromatic carbocycles. The van der Waals surface area contributed by atoms with Crippen LogP contribution in [0.4, 0.5) is 0 Å². The Morgan fingerprint density at radius 3 is 3.00 bits per heavy atom. The van der Waals surface area contributed by atoms with Crippen molar-refractivity contribution in [3.05, 3.63) is 29.8 Å². The predicted octanol–water partition coefficient (Wildman–Crippen LogP) is 1.38. The van der Waals surface area contributed by atoms with Crippen molar-refractivity contribution in [3.63, 3.8) is 0 Å². The first-order valence-corrected chi connectivity index (χ1v) is 7.40. The summed E-state index contributed by atoms with van der Waals surface area (Å²) in [5.74, 6) is 0.642. The van der Waals surface area contributed by atoms with Crippen molar-refractivity contribution in [2.75, 3.05) is 20.2 Å².